The van der Waals surface area contributed by atoms with Crippen molar-refractivity contribution in [2.45, 2.75) is 30.4 Å². The van der Waals surface area contributed by atoms with Gasteiger partial charge in [-0.2, -0.15) is 0 Å². The van der Waals surface area contributed by atoms with E-state index in [2.05, 4.69) is 16.0 Å². The van der Waals surface area contributed by atoms with E-state index >= 15 is 0 Å². The minimum atomic E-state index is -0.572. The van der Waals surface area contributed by atoms with Crippen LogP contribution in [0.3, 0.4) is 0 Å². The minimum absolute atomic E-state index is 0.00353. The fraction of sp³-hybridized carbons (Fsp3) is 0.171. The first-order valence-corrected chi connectivity index (χ1v) is 15.2. The van der Waals surface area contributed by atoms with Gasteiger partial charge in [-0.15, -0.1) is 11.8 Å². The Morgan fingerprint density at radius 2 is 1.62 bits per heavy atom. The number of methoxy groups -OCH3 is 1. The van der Waals surface area contributed by atoms with Gasteiger partial charge in [0.05, 0.1) is 19.0 Å². The zero-order valence-corrected chi connectivity index (χ0v) is 26.0. The average Bonchev–Trinajstić information content (AvgIpc) is 3.05. The number of phenols is 1. The molecule has 45 heavy (non-hydrogen) atoms. The van der Waals surface area contributed by atoms with Crippen LogP contribution in [0.1, 0.15) is 36.2 Å². The number of hydrogen-bond donors (Lipinski definition) is 4. The number of carbonyl (C=O) groups excluding carboxylic acids is 3. The van der Waals surface area contributed by atoms with Gasteiger partial charge in [0.2, 0.25) is 5.91 Å². The molecular formula is C35H35N3O6S. The van der Waals surface area contributed by atoms with Crippen LogP contribution >= 0.6 is 11.8 Å². The summed E-state index contributed by atoms with van der Waals surface area (Å²) in [4.78, 5) is 40.4. The Balaban J connectivity index is 1.51. The lowest BCUT2D eigenvalue weighted by atomic mass is 10.1. The molecule has 9 nitrogen and oxygen atoms in total. The van der Waals surface area contributed by atoms with E-state index in [0.717, 1.165) is 10.6 Å². The van der Waals surface area contributed by atoms with Gasteiger partial charge in [0.15, 0.2) is 0 Å². The molecule has 1 unspecified atom stereocenters. The molecule has 0 saturated carbocycles. The summed E-state index contributed by atoms with van der Waals surface area (Å²) in [5, 5.41) is 18.0. The number of phenolic OH excluding ortho intramolecular Hbond substituents is 1. The Morgan fingerprint density at radius 1 is 0.867 bits per heavy atom. The second-order valence-electron chi connectivity index (χ2n) is 9.75. The molecule has 4 aromatic carbocycles. The van der Waals surface area contributed by atoms with E-state index < -0.39 is 11.8 Å². The van der Waals surface area contributed by atoms with Crippen LogP contribution in [0.4, 0.5) is 11.4 Å². The maximum Gasteiger partial charge on any atom is 0.272 e. The van der Waals surface area contributed by atoms with E-state index in [-0.39, 0.29) is 22.6 Å². The molecule has 4 aromatic rings. The highest BCUT2D eigenvalue weighted by Gasteiger charge is 2.20. The van der Waals surface area contributed by atoms with Crippen molar-refractivity contribution in [2.75, 3.05) is 24.4 Å². The lowest BCUT2D eigenvalue weighted by Crippen LogP contribution is -2.30. The van der Waals surface area contributed by atoms with Crippen molar-refractivity contribution in [1.82, 2.24) is 5.32 Å². The maximum atomic E-state index is 13.6. The van der Waals surface area contributed by atoms with Gasteiger partial charge in [0.25, 0.3) is 11.8 Å². The number of hydrogen-bond acceptors (Lipinski definition) is 7. The van der Waals surface area contributed by atoms with Gasteiger partial charge in [0.1, 0.15) is 22.9 Å². The van der Waals surface area contributed by atoms with Crippen molar-refractivity contribution in [3.8, 4) is 17.2 Å². The quantitative estimate of drug-likeness (QED) is 0.0960. The molecule has 0 spiro atoms. The first-order valence-electron chi connectivity index (χ1n) is 14.4. The van der Waals surface area contributed by atoms with Gasteiger partial charge < -0.3 is 30.5 Å². The first kappa shape index (κ1) is 32.7. The highest BCUT2D eigenvalue weighted by molar-refractivity contribution is 8.00. The van der Waals surface area contributed by atoms with Crippen molar-refractivity contribution in [2.24, 2.45) is 0 Å². The minimum Gasteiger partial charge on any atom is -0.508 e. The summed E-state index contributed by atoms with van der Waals surface area (Å²) < 4.78 is 10.8. The zero-order valence-electron chi connectivity index (χ0n) is 25.2. The molecule has 0 heterocycles. The highest BCUT2D eigenvalue weighted by atomic mass is 32.2. The van der Waals surface area contributed by atoms with E-state index in [4.69, 9.17) is 9.47 Å². The molecule has 0 aliphatic heterocycles. The van der Waals surface area contributed by atoms with Crippen LogP contribution in [-0.2, 0) is 9.59 Å². The fourth-order valence-corrected chi connectivity index (χ4v) is 5.29. The number of aromatic hydroxyl groups is 1. The Hall–Kier alpha value is -5.22. The second kappa shape index (κ2) is 16.0. The zero-order chi connectivity index (χ0) is 32.2. The summed E-state index contributed by atoms with van der Waals surface area (Å²) in [7, 11) is 1.44. The molecule has 0 fully saturated rings. The SMILES string of the molecule is CCOc1ccc(NC(=O)C(CC)Sc2cccc(NC(=O)/C(=C\c3ccc(O)cc3OC)NC(=O)c3ccccc3)c2)cc1. The molecule has 232 valence electrons. The largest absolute Gasteiger partial charge is 0.508 e. The molecule has 0 saturated heterocycles. The molecule has 0 aliphatic carbocycles. The van der Waals surface area contributed by atoms with Crippen LogP contribution in [0.25, 0.3) is 6.08 Å². The number of anilines is 2. The molecule has 10 heteroatoms. The lowest BCUT2D eigenvalue weighted by molar-refractivity contribution is -0.116. The van der Waals surface area contributed by atoms with Crippen molar-refractivity contribution in [1.29, 1.82) is 0 Å². The predicted molar refractivity (Wildman–Crippen MR) is 178 cm³/mol. The van der Waals surface area contributed by atoms with Gasteiger partial charge in [0, 0.05) is 33.5 Å². The maximum absolute atomic E-state index is 13.6. The van der Waals surface area contributed by atoms with Crippen LogP contribution < -0.4 is 25.4 Å². The smallest absolute Gasteiger partial charge is 0.272 e. The topological polar surface area (TPSA) is 126 Å². The third-order valence-electron chi connectivity index (χ3n) is 6.51. The summed E-state index contributed by atoms with van der Waals surface area (Å²) in [5.74, 6) is -0.133. The van der Waals surface area contributed by atoms with E-state index in [1.807, 2.05) is 32.0 Å². The normalized spacial score (nSPS) is 11.7. The number of nitrogens with one attached hydrogen (secondary N) is 3. The molecule has 0 radical (unpaired) electrons. The monoisotopic (exact) mass is 625 g/mol. The number of amides is 3. The van der Waals surface area contributed by atoms with Crippen molar-refractivity contribution in [3.63, 3.8) is 0 Å². The second-order valence-corrected chi connectivity index (χ2v) is 11.0. The molecular weight excluding hydrogens is 590 g/mol. The van der Waals surface area contributed by atoms with Crippen LogP contribution in [0.2, 0.25) is 0 Å². The third kappa shape index (κ3) is 9.38. The Labute approximate surface area is 266 Å². The number of benzene rings is 4. The first-order chi connectivity index (χ1) is 21.8. The fourth-order valence-electron chi connectivity index (χ4n) is 4.27. The molecule has 0 aromatic heterocycles. The van der Waals surface area contributed by atoms with Crippen LogP contribution in [0.15, 0.2) is 108 Å². The van der Waals surface area contributed by atoms with Crippen molar-refractivity contribution in [3.05, 3.63) is 114 Å². The Morgan fingerprint density at radius 3 is 2.31 bits per heavy atom. The molecule has 4 N–H and O–H groups in total. The lowest BCUT2D eigenvalue weighted by Gasteiger charge is -2.16. The predicted octanol–water partition coefficient (Wildman–Crippen LogP) is 6.72. The summed E-state index contributed by atoms with van der Waals surface area (Å²) in [6, 6.07) is 27.3. The Bertz CT molecular complexity index is 1660. The standard InChI is InChI=1S/C35H35N3O6S/c1-4-32(35(42)36-25-15-18-28(19-16-25)44-5-2)45-29-13-9-12-26(21-29)37-34(41)30(38-33(40)23-10-7-6-8-11-23)20-24-14-17-27(39)22-31(24)43-3/h6-22,32,39H,4-5H2,1-3H3,(H,36,42)(H,37,41)(H,38,40)/b30-20+. The number of thioether (sulfide) groups is 1. The Kier molecular flexibility index (Phi) is 11.6. The summed E-state index contributed by atoms with van der Waals surface area (Å²) in [6.07, 6.45) is 2.06. The van der Waals surface area contributed by atoms with Gasteiger partial charge in [-0.1, -0.05) is 31.2 Å². The number of rotatable bonds is 13. The van der Waals surface area contributed by atoms with Gasteiger partial charge in [-0.25, -0.2) is 0 Å². The molecule has 1 atom stereocenters. The molecule has 0 bridgehead atoms. The van der Waals surface area contributed by atoms with Gasteiger partial charge in [-0.05, 0) is 86.2 Å². The van der Waals surface area contributed by atoms with E-state index in [0.29, 0.717) is 41.3 Å². The summed E-state index contributed by atoms with van der Waals surface area (Å²) in [6.45, 7) is 4.41. The van der Waals surface area contributed by atoms with E-state index in [1.54, 1.807) is 66.7 Å². The van der Waals surface area contributed by atoms with E-state index in [9.17, 15) is 19.5 Å². The summed E-state index contributed by atoms with van der Waals surface area (Å²) >= 11 is 1.38. The number of carbonyl (C=O) groups is 3. The van der Waals surface area contributed by atoms with Crippen LogP contribution in [-0.4, -0.2) is 41.8 Å². The third-order valence-corrected chi connectivity index (χ3v) is 7.87. The van der Waals surface area contributed by atoms with Crippen molar-refractivity contribution < 1.29 is 29.0 Å². The summed E-state index contributed by atoms with van der Waals surface area (Å²) in [5.41, 5.74) is 1.96. The van der Waals surface area contributed by atoms with Crippen LogP contribution in [0.5, 0.6) is 17.2 Å². The highest BCUT2D eigenvalue weighted by Crippen LogP contribution is 2.30. The van der Waals surface area contributed by atoms with Crippen LogP contribution in [0, 0.1) is 0 Å². The molecule has 4 rings (SSSR count). The van der Waals surface area contributed by atoms with Gasteiger partial charge >= 0.3 is 0 Å². The molecule has 3 amide bonds. The molecule has 0 aliphatic rings. The number of ether oxygens (including phenoxy) is 2. The van der Waals surface area contributed by atoms with E-state index in [1.165, 1.54) is 37.1 Å². The average molecular weight is 626 g/mol. The van der Waals surface area contributed by atoms with Crippen molar-refractivity contribution >= 4 is 46.9 Å². The van der Waals surface area contributed by atoms with Gasteiger partial charge in [-0.3, -0.25) is 14.4 Å².